The number of hydrogen-bond acceptors (Lipinski definition) is 5. The maximum atomic E-state index is 13.0. The molecule has 0 saturated heterocycles. The highest BCUT2D eigenvalue weighted by atomic mass is 16.5. The molecule has 31 heavy (non-hydrogen) atoms. The number of urea groups is 1. The number of nitrogens with zero attached hydrogens (tertiary/aromatic N) is 1. The number of ether oxygens (including phenoxy) is 2. The summed E-state index contributed by atoms with van der Waals surface area (Å²) in [5, 5.41) is 6.03. The molecule has 1 aliphatic heterocycles. The topological polar surface area (TPSA) is 93.0 Å². The van der Waals surface area contributed by atoms with Gasteiger partial charge in [0.2, 0.25) is 0 Å². The van der Waals surface area contributed by atoms with E-state index in [1.54, 1.807) is 31.3 Å². The summed E-state index contributed by atoms with van der Waals surface area (Å²) in [5.74, 6) is 1.17. The molecule has 2 N–H and O–H groups in total. The molecule has 1 aliphatic rings. The lowest BCUT2D eigenvalue weighted by molar-refractivity contribution is 0.0861. The van der Waals surface area contributed by atoms with Crippen LogP contribution in [0.3, 0.4) is 0 Å². The van der Waals surface area contributed by atoms with E-state index in [4.69, 9.17) is 13.9 Å². The van der Waals surface area contributed by atoms with Crippen LogP contribution in [0.25, 0.3) is 0 Å². The van der Waals surface area contributed by atoms with E-state index in [-0.39, 0.29) is 29.8 Å². The highest BCUT2D eigenvalue weighted by molar-refractivity contribution is 5.91. The van der Waals surface area contributed by atoms with Crippen molar-refractivity contribution in [1.82, 2.24) is 15.5 Å². The normalized spacial score (nSPS) is 16.3. The number of nitrogens with one attached hydrogen (secondary N) is 2. The van der Waals surface area contributed by atoms with Gasteiger partial charge in [-0.1, -0.05) is 13.8 Å². The fourth-order valence-electron chi connectivity index (χ4n) is 4.02. The number of fused-ring (bicyclic) bond motifs is 1. The van der Waals surface area contributed by atoms with Crippen molar-refractivity contribution < 1.29 is 23.5 Å². The number of carbonyl (C=O) groups excluding carboxylic acids is 2. The van der Waals surface area contributed by atoms with E-state index in [1.165, 1.54) is 6.26 Å². The molecule has 2 atom stereocenters. The zero-order valence-electron chi connectivity index (χ0n) is 18.6. The van der Waals surface area contributed by atoms with Crippen LogP contribution in [0.5, 0.6) is 11.5 Å². The lowest BCUT2D eigenvalue weighted by Gasteiger charge is -2.41. The molecule has 3 amide bonds. The van der Waals surface area contributed by atoms with Crippen LogP contribution >= 0.6 is 0 Å². The minimum absolute atomic E-state index is 0.141. The van der Waals surface area contributed by atoms with Crippen LogP contribution in [0, 0.1) is 0 Å². The summed E-state index contributed by atoms with van der Waals surface area (Å²) in [5.41, 5.74) is 2.02. The quantitative estimate of drug-likeness (QED) is 0.670. The Labute approximate surface area is 182 Å². The molecule has 0 bridgehead atoms. The van der Waals surface area contributed by atoms with Gasteiger partial charge in [0.05, 0.1) is 32.6 Å². The Morgan fingerprint density at radius 3 is 2.58 bits per heavy atom. The minimum Gasteiger partial charge on any atom is -0.493 e. The van der Waals surface area contributed by atoms with Crippen molar-refractivity contribution in [3.63, 3.8) is 0 Å². The maximum absolute atomic E-state index is 13.0. The maximum Gasteiger partial charge on any atom is 0.317 e. The summed E-state index contributed by atoms with van der Waals surface area (Å²) in [6.45, 7) is 5.13. The van der Waals surface area contributed by atoms with E-state index >= 15 is 0 Å². The molecule has 1 aromatic heterocycles. The molecule has 8 nitrogen and oxygen atoms in total. The third kappa shape index (κ3) is 4.78. The molecular formula is C23H31N3O5. The summed E-state index contributed by atoms with van der Waals surface area (Å²) in [4.78, 5) is 27.6. The van der Waals surface area contributed by atoms with Gasteiger partial charge < -0.3 is 29.4 Å². The van der Waals surface area contributed by atoms with Crippen molar-refractivity contribution in [2.45, 2.75) is 45.2 Å². The smallest absolute Gasteiger partial charge is 0.317 e. The summed E-state index contributed by atoms with van der Waals surface area (Å²) < 4.78 is 16.2. The Morgan fingerprint density at radius 2 is 1.97 bits per heavy atom. The number of benzene rings is 1. The van der Waals surface area contributed by atoms with Crippen molar-refractivity contribution in [3.05, 3.63) is 47.4 Å². The number of furan rings is 1. The molecule has 168 valence electrons. The zero-order chi connectivity index (χ0) is 22.4. The van der Waals surface area contributed by atoms with Gasteiger partial charge >= 0.3 is 6.03 Å². The number of hydrogen-bond donors (Lipinski definition) is 2. The lowest BCUT2D eigenvalue weighted by Crippen LogP contribution is -2.53. The van der Waals surface area contributed by atoms with Gasteiger partial charge in [0.1, 0.15) is 0 Å². The molecular weight excluding hydrogens is 398 g/mol. The fraction of sp³-hybridized carbons (Fsp3) is 0.478. The van der Waals surface area contributed by atoms with Gasteiger partial charge in [-0.15, -0.1) is 0 Å². The molecule has 2 unspecified atom stereocenters. The van der Waals surface area contributed by atoms with Gasteiger partial charge in [0.25, 0.3) is 5.91 Å². The van der Waals surface area contributed by atoms with Crippen LogP contribution in [-0.2, 0) is 6.42 Å². The number of amides is 3. The minimum atomic E-state index is -0.357. The molecule has 0 fully saturated rings. The highest BCUT2D eigenvalue weighted by Crippen LogP contribution is 2.40. The van der Waals surface area contributed by atoms with Gasteiger partial charge in [0.15, 0.2) is 17.3 Å². The first kappa shape index (κ1) is 22.5. The molecule has 0 spiro atoms. The van der Waals surface area contributed by atoms with Crippen molar-refractivity contribution in [2.24, 2.45) is 0 Å². The van der Waals surface area contributed by atoms with Crippen LogP contribution < -0.4 is 20.1 Å². The van der Waals surface area contributed by atoms with E-state index in [1.807, 2.05) is 26.0 Å². The Balaban J connectivity index is 2.01. The summed E-state index contributed by atoms with van der Waals surface area (Å²) in [7, 11) is 3.19. The number of methoxy groups -OCH3 is 2. The monoisotopic (exact) mass is 429 g/mol. The highest BCUT2D eigenvalue weighted by Gasteiger charge is 2.37. The van der Waals surface area contributed by atoms with Crippen LogP contribution in [-0.4, -0.2) is 50.2 Å². The van der Waals surface area contributed by atoms with Crippen molar-refractivity contribution in [2.75, 3.05) is 27.3 Å². The Hall–Kier alpha value is -3.16. The summed E-state index contributed by atoms with van der Waals surface area (Å²) in [6, 6.07) is 6.36. The molecule has 2 aromatic rings. The van der Waals surface area contributed by atoms with Gasteiger partial charge in [-0.2, -0.15) is 0 Å². The standard InChI is InChI=1S/C23H31N3O5/c1-5-10-24-23(28)26-11-9-15-13-19(29-3)20(30-4)14-16(15)21(26)17(6-2)25-22(27)18-8-7-12-31-18/h7-8,12-14,17,21H,5-6,9-11H2,1-4H3,(H,24,28)(H,25,27). The molecule has 0 saturated carbocycles. The average molecular weight is 430 g/mol. The summed E-state index contributed by atoms with van der Waals surface area (Å²) in [6.07, 6.45) is 3.63. The third-order valence-corrected chi connectivity index (χ3v) is 5.59. The second-order valence-corrected chi connectivity index (χ2v) is 7.49. The van der Waals surface area contributed by atoms with Gasteiger partial charge in [-0.05, 0) is 54.7 Å². The van der Waals surface area contributed by atoms with Gasteiger partial charge in [-0.25, -0.2) is 4.79 Å². The molecule has 1 aromatic carbocycles. The van der Waals surface area contributed by atoms with Crippen LogP contribution in [0.15, 0.2) is 34.9 Å². The number of rotatable bonds is 8. The van der Waals surface area contributed by atoms with Crippen LogP contribution in [0.4, 0.5) is 4.79 Å². The van der Waals surface area contributed by atoms with Crippen LogP contribution in [0.2, 0.25) is 0 Å². The van der Waals surface area contributed by atoms with Gasteiger partial charge in [0, 0.05) is 13.1 Å². The summed E-state index contributed by atoms with van der Waals surface area (Å²) >= 11 is 0. The Morgan fingerprint density at radius 1 is 1.23 bits per heavy atom. The Bertz CT molecular complexity index is 897. The average Bonchev–Trinajstić information content (AvgIpc) is 3.34. The number of carbonyl (C=O) groups is 2. The van der Waals surface area contributed by atoms with E-state index < -0.39 is 0 Å². The molecule has 0 radical (unpaired) electrons. The first-order valence-corrected chi connectivity index (χ1v) is 10.7. The van der Waals surface area contributed by atoms with E-state index in [9.17, 15) is 9.59 Å². The van der Waals surface area contributed by atoms with E-state index in [0.717, 1.165) is 17.5 Å². The molecule has 8 heteroatoms. The second kappa shape index (κ2) is 10.2. The van der Waals surface area contributed by atoms with E-state index in [0.29, 0.717) is 37.4 Å². The third-order valence-electron chi connectivity index (χ3n) is 5.59. The molecule has 3 rings (SSSR count). The van der Waals surface area contributed by atoms with Crippen molar-refractivity contribution in [1.29, 1.82) is 0 Å². The Kier molecular flexibility index (Phi) is 7.44. The predicted molar refractivity (Wildman–Crippen MR) is 117 cm³/mol. The lowest BCUT2D eigenvalue weighted by atomic mass is 9.86. The van der Waals surface area contributed by atoms with Crippen molar-refractivity contribution >= 4 is 11.9 Å². The van der Waals surface area contributed by atoms with Crippen LogP contribution in [0.1, 0.15) is 54.4 Å². The SMILES string of the molecule is CCCNC(=O)N1CCc2cc(OC)c(OC)cc2C1C(CC)NC(=O)c1ccco1. The zero-order valence-corrected chi connectivity index (χ0v) is 18.6. The first-order valence-electron chi connectivity index (χ1n) is 10.7. The predicted octanol–water partition coefficient (Wildman–Crippen LogP) is 3.52. The van der Waals surface area contributed by atoms with E-state index in [2.05, 4.69) is 10.6 Å². The van der Waals surface area contributed by atoms with Gasteiger partial charge in [-0.3, -0.25) is 4.79 Å². The molecule has 2 heterocycles. The fourth-order valence-corrected chi connectivity index (χ4v) is 4.02. The van der Waals surface area contributed by atoms with Crippen molar-refractivity contribution in [3.8, 4) is 11.5 Å². The molecule has 0 aliphatic carbocycles. The first-order chi connectivity index (χ1) is 15.0. The second-order valence-electron chi connectivity index (χ2n) is 7.49. The largest absolute Gasteiger partial charge is 0.493 e.